The molecule has 2 aromatic rings. The number of rotatable bonds is 4. The third-order valence-electron chi connectivity index (χ3n) is 6.31. The molecule has 10 heteroatoms. The van der Waals surface area contributed by atoms with Gasteiger partial charge in [0.05, 0.1) is 16.1 Å². The Morgan fingerprint density at radius 3 is 2.03 bits per heavy atom. The number of anilines is 1. The van der Waals surface area contributed by atoms with Crippen LogP contribution in [-0.2, 0) is 19.3 Å². The van der Waals surface area contributed by atoms with Crippen LogP contribution in [0, 0.1) is 0 Å². The van der Waals surface area contributed by atoms with Gasteiger partial charge in [0.2, 0.25) is 10.0 Å². The van der Waals surface area contributed by atoms with Crippen molar-refractivity contribution >= 4 is 40.0 Å². The number of benzene rings is 1. The molecule has 0 amide bonds. The lowest BCUT2D eigenvalue weighted by Gasteiger charge is -2.34. The third-order valence-corrected chi connectivity index (χ3v) is 8.48. The van der Waals surface area contributed by atoms with Crippen LogP contribution in [0.25, 0.3) is 0 Å². The SMILES string of the molecule is CC1(C)OB(c2ccc(N3CCN(S(=O)(=O)c4ccc(Cl)cc4)CC3)nc2)OC1(C)C. The number of nitrogens with zero attached hydrogens (tertiary/aromatic N) is 3. The maximum atomic E-state index is 12.9. The molecule has 0 aliphatic carbocycles. The molecule has 0 atom stereocenters. The lowest BCUT2D eigenvalue weighted by molar-refractivity contribution is 0.00578. The predicted molar refractivity (Wildman–Crippen MR) is 122 cm³/mol. The van der Waals surface area contributed by atoms with Crippen LogP contribution < -0.4 is 10.4 Å². The second kappa shape index (κ2) is 8.05. The molecule has 0 bridgehead atoms. The van der Waals surface area contributed by atoms with Crippen molar-refractivity contribution in [2.24, 2.45) is 0 Å². The first kappa shape index (κ1) is 22.5. The predicted octanol–water partition coefficient (Wildman–Crippen LogP) is 2.55. The van der Waals surface area contributed by atoms with Crippen LogP contribution in [0.2, 0.25) is 5.02 Å². The highest BCUT2D eigenvalue weighted by atomic mass is 35.5. The summed E-state index contributed by atoms with van der Waals surface area (Å²) in [5.41, 5.74) is 0.0659. The zero-order chi connectivity index (χ0) is 22.4. The maximum absolute atomic E-state index is 12.9. The van der Waals surface area contributed by atoms with E-state index < -0.39 is 28.3 Å². The summed E-state index contributed by atoms with van der Waals surface area (Å²) in [4.78, 5) is 6.93. The lowest BCUT2D eigenvalue weighted by Crippen LogP contribution is -2.49. The Bertz CT molecular complexity index is 1020. The fraction of sp³-hybridized carbons (Fsp3) is 0.476. The molecule has 2 aliphatic heterocycles. The summed E-state index contributed by atoms with van der Waals surface area (Å²) in [6.07, 6.45) is 1.77. The molecule has 4 rings (SSSR count). The van der Waals surface area contributed by atoms with Crippen LogP contribution in [0.1, 0.15) is 27.7 Å². The van der Waals surface area contributed by atoms with E-state index in [-0.39, 0.29) is 4.90 Å². The Hall–Kier alpha value is -1.65. The molecule has 166 valence electrons. The van der Waals surface area contributed by atoms with Gasteiger partial charge in [-0.3, -0.25) is 0 Å². The van der Waals surface area contributed by atoms with E-state index >= 15 is 0 Å². The van der Waals surface area contributed by atoms with Gasteiger partial charge in [-0.05, 0) is 58.0 Å². The van der Waals surface area contributed by atoms with Crippen molar-refractivity contribution in [3.8, 4) is 0 Å². The van der Waals surface area contributed by atoms with Gasteiger partial charge in [0.25, 0.3) is 0 Å². The van der Waals surface area contributed by atoms with E-state index in [9.17, 15) is 8.42 Å². The molecule has 7 nitrogen and oxygen atoms in total. The molecule has 0 saturated carbocycles. The molecule has 1 aromatic carbocycles. The highest BCUT2D eigenvalue weighted by molar-refractivity contribution is 7.89. The Kier molecular flexibility index (Phi) is 5.85. The molecular formula is C21H27BClN3O4S. The summed E-state index contributed by atoms with van der Waals surface area (Å²) in [6.45, 7) is 10.0. The monoisotopic (exact) mass is 463 g/mol. The fourth-order valence-electron chi connectivity index (χ4n) is 3.62. The summed E-state index contributed by atoms with van der Waals surface area (Å²) in [6, 6.07) is 10.2. The topological polar surface area (TPSA) is 72.0 Å². The summed E-state index contributed by atoms with van der Waals surface area (Å²) < 4.78 is 39.4. The molecule has 0 unspecified atom stereocenters. The lowest BCUT2D eigenvalue weighted by atomic mass is 9.80. The summed E-state index contributed by atoms with van der Waals surface area (Å²) in [7, 11) is -3.98. The Morgan fingerprint density at radius 1 is 0.935 bits per heavy atom. The van der Waals surface area contributed by atoms with E-state index in [1.54, 1.807) is 30.5 Å². The molecule has 2 fully saturated rings. The van der Waals surface area contributed by atoms with Crippen LogP contribution >= 0.6 is 11.6 Å². The number of hydrogen-bond acceptors (Lipinski definition) is 6. The summed E-state index contributed by atoms with van der Waals surface area (Å²) in [5.74, 6) is 0.809. The van der Waals surface area contributed by atoms with E-state index in [2.05, 4.69) is 9.88 Å². The number of aromatic nitrogens is 1. The average molecular weight is 464 g/mol. The first-order chi connectivity index (χ1) is 14.5. The number of piperazine rings is 1. The molecule has 2 saturated heterocycles. The summed E-state index contributed by atoms with van der Waals surface area (Å²) >= 11 is 5.88. The van der Waals surface area contributed by atoms with E-state index in [1.807, 2.05) is 39.8 Å². The van der Waals surface area contributed by atoms with Crippen molar-refractivity contribution in [3.63, 3.8) is 0 Å². The van der Waals surface area contributed by atoms with Gasteiger partial charge in [0, 0.05) is 42.9 Å². The number of sulfonamides is 1. The zero-order valence-electron chi connectivity index (χ0n) is 18.2. The highest BCUT2D eigenvalue weighted by Gasteiger charge is 2.51. The first-order valence-corrected chi connectivity index (χ1v) is 12.1. The maximum Gasteiger partial charge on any atom is 0.496 e. The Labute approximate surface area is 189 Å². The number of halogens is 1. The van der Waals surface area contributed by atoms with Gasteiger partial charge < -0.3 is 14.2 Å². The van der Waals surface area contributed by atoms with Crippen molar-refractivity contribution in [3.05, 3.63) is 47.6 Å². The molecule has 1 aromatic heterocycles. The van der Waals surface area contributed by atoms with Gasteiger partial charge in [-0.25, -0.2) is 13.4 Å². The minimum atomic E-state index is -3.53. The number of hydrogen-bond donors (Lipinski definition) is 0. The van der Waals surface area contributed by atoms with Crippen molar-refractivity contribution in [1.29, 1.82) is 0 Å². The van der Waals surface area contributed by atoms with Crippen molar-refractivity contribution in [1.82, 2.24) is 9.29 Å². The van der Waals surface area contributed by atoms with E-state index in [4.69, 9.17) is 20.9 Å². The van der Waals surface area contributed by atoms with Crippen molar-refractivity contribution in [2.75, 3.05) is 31.1 Å². The second-order valence-electron chi connectivity index (χ2n) is 8.88. The second-order valence-corrected chi connectivity index (χ2v) is 11.3. The third kappa shape index (κ3) is 4.34. The zero-order valence-corrected chi connectivity index (χ0v) is 19.8. The Balaban J connectivity index is 1.40. The fourth-order valence-corrected chi connectivity index (χ4v) is 5.16. The van der Waals surface area contributed by atoms with Crippen LogP contribution in [0.5, 0.6) is 0 Å². The highest BCUT2D eigenvalue weighted by Crippen LogP contribution is 2.36. The molecule has 0 radical (unpaired) electrons. The van der Waals surface area contributed by atoms with Gasteiger partial charge >= 0.3 is 7.12 Å². The minimum Gasteiger partial charge on any atom is -0.399 e. The summed E-state index contributed by atoms with van der Waals surface area (Å²) in [5, 5.41) is 0.513. The van der Waals surface area contributed by atoms with Crippen LogP contribution in [0.15, 0.2) is 47.5 Å². The molecule has 0 spiro atoms. The minimum absolute atomic E-state index is 0.259. The van der Waals surface area contributed by atoms with Gasteiger partial charge in [-0.1, -0.05) is 17.7 Å². The molecule has 31 heavy (non-hydrogen) atoms. The molecule has 0 N–H and O–H groups in total. The first-order valence-electron chi connectivity index (χ1n) is 10.3. The normalized spacial score (nSPS) is 21.5. The van der Waals surface area contributed by atoms with E-state index in [1.165, 1.54) is 4.31 Å². The van der Waals surface area contributed by atoms with Crippen molar-refractivity contribution in [2.45, 2.75) is 43.8 Å². The van der Waals surface area contributed by atoms with Crippen LogP contribution in [-0.4, -0.2) is 62.2 Å². The van der Waals surface area contributed by atoms with E-state index in [0.29, 0.717) is 31.2 Å². The Morgan fingerprint density at radius 2 is 1.52 bits per heavy atom. The van der Waals surface area contributed by atoms with Gasteiger partial charge in [-0.15, -0.1) is 0 Å². The molecule has 2 aliphatic rings. The van der Waals surface area contributed by atoms with Crippen LogP contribution in [0.3, 0.4) is 0 Å². The smallest absolute Gasteiger partial charge is 0.399 e. The number of pyridine rings is 1. The van der Waals surface area contributed by atoms with Crippen LogP contribution in [0.4, 0.5) is 5.82 Å². The average Bonchev–Trinajstić information content (AvgIpc) is 2.96. The standard InChI is InChI=1S/C21H27BClN3O4S/c1-20(2)21(3,4)30-22(29-20)16-5-10-19(24-15-16)25-11-13-26(14-12-25)31(27,28)18-8-6-17(23)7-9-18/h5-10,15H,11-14H2,1-4H3. The van der Waals surface area contributed by atoms with Gasteiger partial charge in [-0.2, -0.15) is 4.31 Å². The van der Waals surface area contributed by atoms with Gasteiger partial charge in [0.15, 0.2) is 0 Å². The molecular weight excluding hydrogens is 437 g/mol. The molecule has 3 heterocycles. The quantitative estimate of drug-likeness (QED) is 0.649. The van der Waals surface area contributed by atoms with Crippen molar-refractivity contribution < 1.29 is 17.7 Å². The van der Waals surface area contributed by atoms with Gasteiger partial charge in [0.1, 0.15) is 5.82 Å². The largest absolute Gasteiger partial charge is 0.496 e. The van der Waals surface area contributed by atoms with E-state index in [0.717, 1.165) is 11.3 Å².